The van der Waals surface area contributed by atoms with Crippen LogP contribution >= 0.6 is 0 Å². The SMILES string of the molecule is N#Cc1c(-n2c3c(c4ccccc42)C=CCC3)cc(-c2cc(-c3ccccc3)nc(-c3ccccc3)c2)cc1-n1c2ccccc2c2ccccc21. The van der Waals surface area contributed by atoms with Crippen molar-refractivity contribution in [3.63, 3.8) is 0 Å². The Labute approximate surface area is 301 Å². The number of nitriles is 1. The molecule has 0 spiro atoms. The number of pyridine rings is 1. The molecule has 0 radical (unpaired) electrons. The van der Waals surface area contributed by atoms with E-state index in [4.69, 9.17) is 4.98 Å². The highest BCUT2D eigenvalue weighted by Crippen LogP contribution is 2.41. The van der Waals surface area contributed by atoms with Crippen LogP contribution < -0.4 is 0 Å². The van der Waals surface area contributed by atoms with Gasteiger partial charge in [0.1, 0.15) is 11.6 Å². The third-order valence-electron chi connectivity index (χ3n) is 10.4. The molecular weight excluding hydrogens is 633 g/mol. The number of aromatic nitrogens is 3. The first-order valence-corrected chi connectivity index (χ1v) is 17.8. The average molecular weight is 665 g/mol. The maximum absolute atomic E-state index is 11.3. The zero-order chi connectivity index (χ0) is 34.6. The molecule has 9 aromatic rings. The Bertz CT molecular complexity index is 2790. The molecular formula is C48H32N4. The Morgan fingerprint density at radius 1 is 0.500 bits per heavy atom. The molecule has 0 aliphatic heterocycles. The number of hydrogen-bond donors (Lipinski definition) is 0. The van der Waals surface area contributed by atoms with Crippen molar-refractivity contribution < 1.29 is 0 Å². The van der Waals surface area contributed by atoms with E-state index in [0.717, 1.165) is 85.2 Å². The summed E-state index contributed by atoms with van der Waals surface area (Å²) in [5.74, 6) is 0. The van der Waals surface area contributed by atoms with Gasteiger partial charge in [0.05, 0.1) is 39.3 Å². The van der Waals surface area contributed by atoms with Crippen molar-refractivity contribution in [2.45, 2.75) is 12.8 Å². The quantitative estimate of drug-likeness (QED) is 0.184. The molecule has 244 valence electrons. The van der Waals surface area contributed by atoms with Gasteiger partial charge in [-0.1, -0.05) is 127 Å². The first-order chi connectivity index (χ1) is 25.8. The molecule has 0 fully saturated rings. The molecule has 4 nitrogen and oxygen atoms in total. The van der Waals surface area contributed by atoms with Gasteiger partial charge in [0, 0.05) is 38.5 Å². The smallest absolute Gasteiger partial charge is 0.104 e. The van der Waals surface area contributed by atoms with Crippen LogP contribution in [0.25, 0.3) is 83.8 Å². The van der Waals surface area contributed by atoms with Crippen LogP contribution in [0.5, 0.6) is 0 Å². The summed E-state index contributed by atoms with van der Waals surface area (Å²) in [5, 5.41) is 14.8. The predicted octanol–water partition coefficient (Wildman–Crippen LogP) is 12.0. The number of benzene rings is 6. The summed E-state index contributed by atoms with van der Waals surface area (Å²) < 4.78 is 4.64. The average Bonchev–Trinajstić information content (AvgIpc) is 3.74. The Balaban J connectivity index is 1.34. The van der Waals surface area contributed by atoms with Gasteiger partial charge in [0.2, 0.25) is 0 Å². The van der Waals surface area contributed by atoms with Crippen LogP contribution in [0, 0.1) is 11.3 Å². The summed E-state index contributed by atoms with van der Waals surface area (Å²) in [6.45, 7) is 0. The van der Waals surface area contributed by atoms with Crippen molar-refractivity contribution in [3.05, 3.63) is 181 Å². The van der Waals surface area contributed by atoms with Gasteiger partial charge in [-0.3, -0.25) is 0 Å². The van der Waals surface area contributed by atoms with E-state index in [0.29, 0.717) is 5.56 Å². The first-order valence-electron chi connectivity index (χ1n) is 17.8. The standard InChI is InChI=1S/C48H32N4/c49-31-40-47(51-43-23-11-7-19-36(43)37-20-8-12-24-44(37)51)29-35(30-48(40)52-45-25-13-9-21-38(45)39-22-10-14-26-46(39)52)34-27-41(32-15-3-1-4-16-32)50-42(28-34)33-17-5-2-6-18-33/h1-13,15-25,27-30H,14,26H2. The van der Waals surface area contributed by atoms with Gasteiger partial charge in [-0.2, -0.15) is 5.26 Å². The fraction of sp³-hybridized carbons (Fsp3) is 0.0417. The normalized spacial score (nSPS) is 12.4. The lowest BCUT2D eigenvalue weighted by molar-refractivity contribution is 0.886. The van der Waals surface area contributed by atoms with Crippen molar-refractivity contribution >= 4 is 38.8 Å². The highest BCUT2D eigenvalue weighted by Gasteiger charge is 2.25. The third-order valence-corrected chi connectivity index (χ3v) is 10.4. The number of rotatable bonds is 5. The molecule has 0 saturated heterocycles. The first kappa shape index (κ1) is 29.9. The van der Waals surface area contributed by atoms with E-state index >= 15 is 0 Å². The van der Waals surface area contributed by atoms with E-state index < -0.39 is 0 Å². The molecule has 3 aromatic heterocycles. The minimum Gasteiger partial charge on any atom is -0.312 e. The topological polar surface area (TPSA) is 46.5 Å². The van der Waals surface area contributed by atoms with Crippen molar-refractivity contribution in [2.24, 2.45) is 0 Å². The van der Waals surface area contributed by atoms with Gasteiger partial charge in [0.25, 0.3) is 0 Å². The van der Waals surface area contributed by atoms with Crippen molar-refractivity contribution in [1.29, 1.82) is 5.26 Å². The lowest BCUT2D eigenvalue weighted by Crippen LogP contribution is -2.08. The zero-order valence-electron chi connectivity index (χ0n) is 28.4. The lowest BCUT2D eigenvalue weighted by atomic mass is 9.96. The summed E-state index contributed by atoms with van der Waals surface area (Å²) in [4.78, 5) is 5.19. The van der Waals surface area contributed by atoms with E-state index in [1.54, 1.807) is 0 Å². The molecule has 10 rings (SSSR count). The van der Waals surface area contributed by atoms with Crippen LogP contribution in [-0.2, 0) is 6.42 Å². The molecule has 0 saturated carbocycles. The second-order valence-corrected chi connectivity index (χ2v) is 13.4. The number of hydrogen-bond acceptors (Lipinski definition) is 2. The molecule has 6 aromatic carbocycles. The van der Waals surface area contributed by atoms with Crippen LogP contribution in [0.2, 0.25) is 0 Å². The molecule has 0 unspecified atom stereocenters. The van der Waals surface area contributed by atoms with Gasteiger partial charge in [-0.25, -0.2) is 4.98 Å². The maximum Gasteiger partial charge on any atom is 0.104 e. The number of nitrogens with zero attached hydrogens (tertiary/aromatic N) is 4. The fourth-order valence-corrected chi connectivity index (χ4v) is 8.09. The van der Waals surface area contributed by atoms with Gasteiger partial charge in [0.15, 0.2) is 0 Å². The van der Waals surface area contributed by atoms with Gasteiger partial charge >= 0.3 is 0 Å². The molecule has 0 atom stereocenters. The van der Waals surface area contributed by atoms with Crippen LogP contribution in [0.4, 0.5) is 0 Å². The summed E-state index contributed by atoms with van der Waals surface area (Å²) in [7, 11) is 0. The van der Waals surface area contributed by atoms with Crippen molar-refractivity contribution in [3.8, 4) is 51.1 Å². The number of fused-ring (bicyclic) bond motifs is 6. The molecule has 3 heterocycles. The summed E-state index contributed by atoms with van der Waals surface area (Å²) in [6, 6.07) is 57.9. The summed E-state index contributed by atoms with van der Waals surface area (Å²) in [5.41, 5.74) is 14.0. The highest BCUT2D eigenvalue weighted by atomic mass is 15.0. The highest BCUT2D eigenvalue weighted by molar-refractivity contribution is 6.09. The van der Waals surface area contributed by atoms with E-state index in [-0.39, 0.29) is 0 Å². The maximum atomic E-state index is 11.3. The molecule has 1 aliphatic rings. The van der Waals surface area contributed by atoms with Gasteiger partial charge < -0.3 is 9.13 Å². The van der Waals surface area contributed by atoms with Crippen LogP contribution in [-0.4, -0.2) is 14.1 Å². The van der Waals surface area contributed by atoms with Crippen molar-refractivity contribution in [1.82, 2.24) is 14.1 Å². The minimum atomic E-state index is 0.633. The van der Waals surface area contributed by atoms with Crippen LogP contribution in [0.3, 0.4) is 0 Å². The van der Waals surface area contributed by atoms with Gasteiger partial charge in [-0.05, 0) is 66.4 Å². The Kier molecular flexibility index (Phi) is 6.97. The van der Waals surface area contributed by atoms with Crippen molar-refractivity contribution in [2.75, 3.05) is 0 Å². The predicted molar refractivity (Wildman–Crippen MR) is 214 cm³/mol. The Hall–Kier alpha value is -6.96. The Morgan fingerprint density at radius 2 is 0.981 bits per heavy atom. The minimum absolute atomic E-state index is 0.633. The molecule has 1 aliphatic carbocycles. The fourth-order valence-electron chi connectivity index (χ4n) is 8.09. The lowest BCUT2D eigenvalue weighted by Gasteiger charge is -2.20. The number of para-hydroxylation sites is 3. The molecule has 0 amide bonds. The largest absolute Gasteiger partial charge is 0.312 e. The van der Waals surface area contributed by atoms with Crippen LogP contribution in [0.15, 0.2) is 164 Å². The van der Waals surface area contributed by atoms with E-state index in [9.17, 15) is 5.26 Å². The Morgan fingerprint density at radius 3 is 1.56 bits per heavy atom. The second-order valence-electron chi connectivity index (χ2n) is 13.4. The zero-order valence-corrected chi connectivity index (χ0v) is 28.4. The molecule has 52 heavy (non-hydrogen) atoms. The third kappa shape index (κ3) is 4.71. The van der Waals surface area contributed by atoms with E-state index in [1.165, 1.54) is 16.6 Å². The molecule has 4 heteroatoms. The van der Waals surface area contributed by atoms with Gasteiger partial charge in [-0.15, -0.1) is 0 Å². The summed E-state index contributed by atoms with van der Waals surface area (Å²) >= 11 is 0. The molecule has 0 bridgehead atoms. The van der Waals surface area contributed by atoms with E-state index in [1.807, 2.05) is 12.1 Å². The van der Waals surface area contributed by atoms with E-state index in [2.05, 4.69) is 173 Å². The molecule has 0 N–H and O–H groups in total. The van der Waals surface area contributed by atoms with Crippen LogP contribution in [0.1, 0.15) is 23.2 Å². The summed E-state index contributed by atoms with van der Waals surface area (Å²) in [6.07, 6.45) is 6.36. The second kappa shape index (κ2) is 12.1. The monoisotopic (exact) mass is 664 g/mol. The number of allylic oxidation sites excluding steroid dienone is 1.